The topological polar surface area (TPSA) is 88.7 Å². The molecule has 1 N–H and O–H groups in total. The normalized spacial score (nSPS) is 12.1. The number of fused-ring (bicyclic) bond motifs is 1. The molecule has 4 rings (SSSR count). The van der Waals surface area contributed by atoms with E-state index in [0.717, 1.165) is 35.8 Å². The highest BCUT2D eigenvalue weighted by atomic mass is 32.2. The second-order valence-electron chi connectivity index (χ2n) is 7.89. The van der Waals surface area contributed by atoms with Crippen LogP contribution in [-0.4, -0.2) is 38.3 Å². The lowest BCUT2D eigenvalue weighted by Crippen LogP contribution is -2.19. The Labute approximate surface area is 201 Å². The summed E-state index contributed by atoms with van der Waals surface area (Å²) in [5.74, 6) is 2.36. The number of hydrogen-bond donors (Lipinski definition) is 1. The Morgan fingerprint density at radius 1 is 1.21 bits per heavy atom. The van der Waals surface area contributed by atoms with Crippen molar-refractivity contribution in [1.29, 1.82) is 5.26 Å². The van der Waals surface area contributed by atoms with Crippen LogP contribution in [0.4, 0.5) is 5.69 Å². The molecule has 33 heavy (non-hydrogen) atoms. The molecular formula is C24H26N6OS2. The Balaban J connectivity index is 1.71. The third-order valence-electron chi connectivity index (χ3n) is 5.12. The molecule has 1 atom stereocenters. The summed E-state index contributed by atoms with van der Waals surface area (Å²) in [6.07, 6.45) is 3.07. The fourth-order valence-electron chi connectivity index (χ4n) is 3.63. The van der Waals surface area contributed by atoms with E-state index in [2.05, 4.69) is 62.8 Å². The van der Waals surface area contributed by atoms with Gasteiger partial charge in [-0.2, -0.15) is 17.0 Å². The van der Waals surface area contributed by atoms with Crippen molar-refractivity contribution in [1.82, 2.24) is 20.2 Å². The third-order valence-corrected chi connectivity index (χ3v) is 6.71. The summed E-state index contributed by atoms with van der Waals surface area (Å²) >= 11 is 3.53. The van der Waals surface area contributed by atoms with Crippen LogP contribution in [0.3, 0.4) is 0 Å². The Hall–Kier alpha value is -3.09. The number of ether oxygens (including phenoxy) is 1. The van der Waals surface area contributed by atoms with E-state index >= 15 is 0 Å². The Bertz CT molecular complexity index is 1260. The van der Waals surface area contributed by atoms with Gasteiger partial charge in [0.25, 0.3) is 0 Å². The molecule has 0 aliphatic carbocycles. The molecule has 0 fully saturated rings. The highest BCUT2D eigenvalue weighted by Crippen LogP contribution is 2.31. The van der Waals surface area contributed by atoms with Crippen LogP contribution in [0.1, 0.15) is 43.3 Å². The van der Waals surface area contributed by atoms with Gasteiger partial charge in [0.15, 0.2) is 5.82 Å². The first-order valence-corrected chi connectivity index (χ1v) is 13.1. The van der Waals surface area contributed by atoms with Gasteiger partial charge in [-0.3, -0.25) is 0 Å². The Morgan fingerprint density at radius 3 is 2.88 bits per heavy atom. The number of thioether (sulfide) groups is 1. The second-order valence-corrected chi connectivity index (χ2v) is 9.82. The zero-order chi connectivity index (χ0) is 23.2. The monoisotopic (exact) mass is 478 g/mol. The van der Waals surface area contributed by atoms with Crippen molar-refractivity contribution in [3.63, 3.8) is 0 Å². The Kier molecular flexibility index (Phi) is 7.47. The van der Waals surface area contributed by atoms with Gasteiger partial charge in [0.05, 0.1) is 11.7 Å². The first-order valence-electron chi connectivity index (χ1n) is 10.8. The lowest BCUT2D eigenvalue weighted by atomic mass is 10.0. The number of rotatable bonds is 10. The van der Waals surface area contributed by atoms with E-state index in [1.807, 2.05) is 48.5 Å². The van der Waals surface area contributed by atoms with Crippen LogP contribution in [0.5, 0.6) is 5.75 Å². The average Bonchev–Trinajstić information content (AvgIpc) is 3.47. The molecule has 2 aromatic heterocycles. The van der Waals surface area contributed by atoms with Crippen molar-refractivity contribution in [2.24, 2.45) is 0 Å². The largest absolute Gasteiger partial charge is 0.490 e. The molecule has 7 nitrogen and oxygen atoms in total. The van der Waals surface area contributed by atoms with E-state index in [-0.39, 0.29) is 12.1 Å². The van der Waals surface area contributed by atoms with Gasteiger partial charge in [-0.25, -0.2) is 4.68 Å². The van der Waals surface area contributed by atoms with Gasteiger partial charge >= 0.3 is 0 Å². The smallest absolute Gasteiger partial charge is 0.178 e. The summed E-state index contributed by atoms with van der Waals surface area (Å²) in [5, 5.41) is 29.1. The van der Waals surface area contributed by atoms with Gasteiger partial charge in [0.1, 0.15) is 17.9 Å². The maximum absolute atomic E-state index is 9.66. The van der Waals surface area contributed by atoms with E-state index in [0.29, 0.717) is 11.3 Å². The molecule has 9 heteroatoms. The van der Waals surface area contributed by atoms with Gasteiger partial charge in [-0.05, 0) is 95.4 Å². The van der Waals surface area contributed by atoms with Gasteiger partial charge < -0.3 is 10.1 Å². The van der Waals surface area contributed by atoms with Crippen LogP contribution in [0.15, 0.2) is 47.8 Å². The van der Waals surface area contributed by atoms with Crippen molar-refractivity contribution in [3.05, 3.63) is 64.8 Å². The van der Waals surface area contributed by atoms with Crippen LogP contribution in [0, 0.1) is 11.3 Å². The highest BCUT2D eigenvalue weighted by Gasteiger charge is 2.22. The number of nitrogens with zero attached hydrogens (tertiary/aromatic N) is 5. The van der Waals surface area contributed by atoms with Gasteiger partial charge in [0.2, 0.25) is 0 Å². The summed E-state index contributed by atoms with van der Waals surface area (Å²) in [6, 6.07) is 16.1. The third kappa shape index (κ3) is 5.46. The highest BCUT2D eigenvalue weighted by molar-refractivity contribution is 7.98. The van der Waals surface area contributed by atoms with Gasteiger partial charge in [0, 0.05) is 16.9 Å². The van der Waals surface area contributed by atoms with Crippen LogP contribution in [0.2, 0.25) is 0 Å². The van der Waals surface area contributed by atoms with Gasteiger partial charge in [-0.15, -0.1) is 16.4 Å². The molecule has 0 aliphatic rings. The lowest BCUT2D eigenvalue weighted by molar-refractivity contribution is 0.242. The minimum Gasteiger partial charge on any atom is -0.490 e. The molecule has 0 spiro atoms. The molecule has 0 saturated heterocycles. The number of nitrogens with one attached hydrogen (secondary N) is 1. The summed E-state index contributed by atoms with van der Waals surface area (Å²) in [5.41, 5.74) is 2.35. The molecule has 2 aromatic carbocycles. The first-order chi connectivity index (χ1) is 16.1. The summed E-state index contributed by atoms with van der Waals surface area (Å²) in [4.78, 5) is 0. The maximum atomic E-state index is 9.66. The van der Waals surface area contributed by atoms with Gasteiger partial charge in [-0.1, -0.05) is 6.07 Å². The van der Waals surface area contributed by atoms with Crippen LogP contribution in [-0.2, 0) is 6.54 Å². The van der Waals surface area contributed by atoms with Crippen LogP contribution < -0.4 is 10.1 Å². The van der Waals surface area contributed by atoms with Crippen molar-refractivity contribution < 1.29 is 4.74 Å². The molecule has 0 bridgehead atoms. The number of hydrogen-bond acceptors (Lipinski definition) is 8. The van der Waals surface area contributed by atoms with E-state index in [4.69, 9.17) is 4.74 Å². The number of thiophene rings is 1. The zero-order valence-corrected chi connectivity index (χ0v) is 20.5. The van der Waals surface area contributed by atoms with Crippen LogP contribution >= 0.6 is 23.1 Å². The molecule has 0 saturated carbocycles. The SMILES string of the molecule is CSCCCn1nnnc1C(Nc1ccc(OC(C)C)c(C#N)c1)c1ccc2sccc2c1. The molecule has 0 aliphatic heterocycles. The fourth-order valence-corrected chi connectivity index (χ4v) is 4.82. The summed E-state index contributed by atoms with van der Waals surface area (Å²) in [6.45, 7) is 4.63. The lowest BCUT2D eigenvalue weighted by Gasteiger charge is -2.21. The quantitative estimate of drug-likeness (QED) is 0.301. The molecule has 0 amide bonds. The number of aryl methyl sites for hydroxylation is 1. The van der Waals surface area contributed by atoms with E-state index in [1.54, 1.807) is 11.3 Å². The number of benzene rings is 2. The van der Waals surface area contributed by atoms with Crippen molar-refractivity contribution in [2.45, 2.75) is 39.0 Å². The summed E-state index contributed by atoms with van der Waals surface area (Å²) in [7, 11) is 0. The number of aromatic nitrogens is 4. The average molecular weight is 479 g/mol. The zero-order valence-electron chi connectivity index (χ0n) is 18.9. The Morgan fingerprint density at radius 2 is 2.09 bits per heavy atom. The van der Waals surface area contributed by atoms with Crippen molar-refractivity contribution in [3.8, 4) is 11.8 Å². The molecule has 1 unspecified atom stereocenters. The van der Waals surface area contributed by atoms with E-state index < -0.39 is 0 Å². The number of tetrazole rings is 1. The second kappa shape index (κ2) is 10.7. The van der Waals surface area contributed by atoms with Crippen molar-refractivity contribution in [2.75, 3.05) is 17.3 Å². The predicted octanol–water partition coefficient (Wildman–Crippen LogP) is 5.50. The fraction of sp³-hybridized carbons (Fsp3) is 0.333. The minimum absolute atomic E-state index is 0.00749. The van der Waals surface area contributed by atoms with Crippen molar-refractivity contribution >= 4 is 38.9 Å². The number of nitriles is 1. The maximum Gasteiger partial charge on any atom is 0.178 e. The first kappa shape index (κ1) is 23.1. The molecule has 4 aromatic rings. The summed E-state index contributed by atoms with van der Waals surface area (Å²) < 4.78 is 8.88. The molecular weight excluding hydrogens is 452 g/mol. The van der Waals surface area contributed by atoms with E-state index in [9.17, 15) is 5.26 Å². The molecule has 2 heterocycles. The van der Waals surface area contributed by atoms with E-state index in [1.165, 1.54) is 10.1 Å². The standard InChI is InChI=1S/C24H26N6OS2/c1-16(2)31-21-7-6-20(14-19(21)15-25)26-23(18-5-8-22-17(13-18)9-12-33-22)24-27-28-29-30(24)10-4-11-32-3/h5-9,12-14,16,23,26H,4,10-11H2,1-3H3. The minimum atomic E-state index is -0.276. The molecule has 170 valence electrons. The van der Waals surface area contributed by atoms with Crippen LogP contribution in [0.25, 0.3) is 10.1 Å². The number of anilines is 1. The predicted molar refractivity (Wildman–Crippen MR) is 135 cm³/mol. The molecule has 0 radical (unpaired) electrons.